The zero-order valence-electron chi connectivity index (χ0n) is 15.9. The van der Waals surface area contributed by atoms with E-state index in [-0.39, 0.29) is 28.9 Å². The first kappa shape index (κ1) is 20.7. The third-order valence-electron chi connectivity index (χ3n) is 4.67. The van der Waals surface area contributed by atoms with Gasteiger partial charge in [-0.2, -0.15) is 8.42 Å². The van der Waals surface area contributed by atoms with Crippen molar-refractivity contribution in [2.45, 2.75) is 57.9 Å². The minimum absolute atomic E-state index is 0.00221. The van der Waals surface area contributed by atoms with Gasteiger partial charge in [0, 0.05) is 18.5 Å². The van der Waals surface area contributed by atoms with Crippen molar-refractivity contribution in [1.82, 2.24) is 4.90 Å². The molecule has 0 aliphatic carbocycles. The highest BCUT2D eigenvalue weighted by Crippen LogP contribution is 2.31. The molecule has 7 heteroatoms. The average molecular weight is 384 g/mol. The Morgan fingerprint density at radius 2 is 1.85 bits per heavy atom. The predicted octanol–water partition coefficient (Wildman–Crippen LogP) is 3.90. The molecule has 0 unspecified atom stereocenters. The van der Waals surface area contributed by atoms with Gasteiger partial charge in [0.05, 0.1) is 11.5 Å². The second kappa shape index (κ2) is 7.96. The number of likely N-dealkylation sites (tertiary alicyclic amines) is 1. The lowest BCUT2D eigenvalue weighted by Crippen LogP contribution is -2.48. The van der Waals surface area contributed by atoms with Crippen molar-refractivity contribution >= 4 is 16.2 Å². The first-order valence-electron chi connectivity index (χ1n) is 8.93. The Morgan fingerprint density at radius 3 is 2.38 bits per heavy atom. The fourth-order valence-corrected chi connectivity index (χ4v) is 4.33. The summed E-state index contributed by atoms with van der Waals surface area (Å²) in [6, 6.07) is 6.46. The standard InChI is InChI=1S/C19H29NO5S/c1-14-5-9-17(10-6-14)26(23,24)25-13-15-7-8-16(11-19(2,3)4)20(12-15)18(21)22/h5-6,9-10,15-16H,7-8,11-13H2,1-4H3,(H,21,22)/t15-,16-/m1/s1. The summed E-state index contributed by atoms with van der Waals surface area (Å²) in [5.41, 5.74) is 1.01. The highest BCUT2D eigenvalue weighted by Gasteiger charge is 2.34. The number of nitrogens with zero attached hydrogens (tertiary/aromatic N) is 1. The summed E-state index contributed by atoms with van der Waals surface area (Å²) in [7, 11) is -3.82. The van der Waals surface area contributed by atoms with Gasteiger partial charge in [0.25, 0.3) is 10.1 Å². The lowest BCUT2D eigenvalue weighted by Gasteiger charge is -2.40. The van der Waals surface area contributed by atoms with Gasteiger partial charge in [-0.3, -0.25) is 4.18 Å². The highest BCUT2D eigenvalue weighted by atomic mass is 32.2. The molecule has 0 radical (unpaired) electrons. The third-order valence-corrected chi connectivity index (χ3v) is 5.96. The molecule has 1 aliphatic heterocycles. The summed E-state index contributed by atoms with van der Waals surface area (Å²) in [5.74, 6) is -0.123. The molecular formula is C19H29NO5S. The zero-order chi connectivity index (χ0) is 19.5. The average Bonchev–Trinajstić information content (AvgIpc) is 2.52. The maximum atomic E-state index is 12.3. The molecule has 0 aromatic heterocycles. The number of amides is 1. The van der Waals surface area contributed by atoms with Crippen LogP contribution in [0.1, 0.15) is 45.6 Å². The fraction of sp³-hybridized carbons (Fsp3) is 0.632. The second-order valence-corrected chi connectivity index (χ2v) is 9.96. The first-order valence-corrected chi connectivity index (χ1v) is 10.3. The fourth-order valence-electron chi connectivity index (χ4n) is 3.35. The number of piperidine rings is 1. The molecule has 0 spiro atoms. The topological polar surface area (TPSA) is 83.9 Å². The number of hydrogen-bond acceptors (Lipinski definition) is 4. The predicted molar refractivity (Wildman–Crippen MR) is 99.6 cm³/mol. The summed E-state index contributed by atoms with van der Waals surface area (Å²) in [6.07, 6.45) is 1.32. The molecule has 26 heavy (non-hydrogen) atoms. The van der Waals surface area contributed by atoms with Gasteiger partial charge < -0.3 is 10.0 Å². The van der Waals surface area contributed by atoms with Gasteiger partial charge in [-0.25, -0.2) is 4.79 Å². The van der Waals surface area contributed by atoms with Gasteiger partial charge in [-0.1, -0.05) is 38.5 Å². The van der Waals surface area contributed by atoms with Gasteiger partial charge in [0.2, 0.25) is 0 Å². The maximum Gasteiger partial charge on any atom is 0.407 e. The maximum absolute atomic E-state index is 12.3. The van der Waals surface area contributed by atoms with E-state index in [1.165, 1.54) is 17.0 Å². The van der Waals surface area contributed by atoms with E-state index in [2.05, 4.69) is 20.8 Å². The van der Waals surface area contributed by atoms with Crippen molar-refractivity contribution < 1.29 is 22.5 Å². The molecule has 1 heterocycles. The number of carboxylic acid groups (broad SMARTS) is 1. The van der Waals surface area contributed by atoms with Crippen molar-refractivity contribution in [1.29, 1.82) is 0 Å². The van der Waals surface area contributed by atoms with Crippen LogP contribution >= 0.6 is 0 Å². The van der Waals surface area contributed by atoms with E-state index in [0.717, 1.165) is 24.8 Å². The third kappa shape index (κ3) is 5.71. The summed E-state index contributed by atoms with van der Waals surface area (Å²) >= 11 is 0. The van der Waals surface area contributed by atoms with Gasteiger partial charge in [0.1, 0.15) is 0 Å². The zero-order valence-corrected chi connectivity index (χ0v) is 16.8. The van der Waals surface area contributed by atoms with Gasteiger partial charge in [-0.05, 0) is 43.7 Å². The van der Waals surface area contributed by atoms with E-state index >= 15 is 0 Å². The molecule has 1 amide bonds. The van der Waals surface area contributed by atoms with Crippen LogP contribution in [0.15, 0.2) is 29.2 Å². The Balaban J connectivity index is 1.98. The highest BCUT2D eigenvalue weighted by molar-refractivity contribution is 7.86. The second-order valence-electron chi connectivity index (χ2n) is 8.35. The summed E-state index contributed by atoms with van der Waals surface area (Å²) in [4.78, 5) is 13.2. The molecule has 1 N–H and O–H groups in total. The Bertz CT molecular complexity index is 721. The van der Waals surface area contributed by atoms with Gasteiger partial charge in [0.15, 0.2) is 0 Å². The van der Waals surface area contributed by atoms with Crippen molar-refractivity contribution in [2.24, 2.45) is 11.3 Å². The molecular weight excluding hydrogens is 354 g/mol. The van der Waals surface area contributed by atoms with E-state index in [4.69, 9.17) is 4.18 Å². The van der Waals surface area contributed by atoms with Gasteiger partial charge in [-0.15, -0.1) is 0 Å². The number of benzene rings is 1. The van der Waals surface area contributed by atoms with Crippen LogP contribution in [0.5, 0.6) is 0 Å². The Kier molecular flexibility index (Phi) is 6.34. The Hall–Kier alpha value is -1.60. The minimum atomic E-state index is -3.82. The van der Waals surface area contributed by atoms with Crippen molar-refractivity contribution in [3.05, 3.63) is 29.8 Å². The molecule has 1 aliphatic rings. The van der Waals surface area contributed by atoms with Crippen LogP contribution in [0.4, 0.5) is 4.79 Å². The first-order chi connectivity index (χ1) is 12.0. The quantitative estimate of drug-likeness (QED) is 0.780. The molecule has 2 atom stereocenters. The lowest BCUT2D eigenvalue weighted by molar-refractivity contribution is 0.0579. The largest absolute Gasteiger partial charge is 0.465 e. The number of aryl methyl sites for hydroxylation is 1. The smallest absolute Gasteiger partial charge is 0.407 e. The van der Waals surface area contributed by atoms with E-state index in [1.807, 2.05) is 6.92 Å². The van der Waals surface area contributed by atoms with Crippen LogP contribution in [-0.4, -0.2) is 43.7 Å². The minimum Gasteiger partial charge on any atom is -0.465 e. The molecule has 1 saturated heterocycles. The SMILES string of the molecule is Cc1ccc(S(=O)(=O)OC[C@@H]2CC[C@H](CC(C)(C)C)N(C(=O)O)C2)cc1. The van der Waals surface area contributed by atoms with Crippen molar-refractivity contribution in [3.8, 4) is 0 Å². The molecule has 0 saturated carbocycles. The van der Waals surface area contributed by atoms with Crippen LogP contribution in [0.3, 0.4) is 0 Å². The molecule has 146 valence electrons. The summed E-state index contributed by atoms with van der Waals surface area (Å²) in [5, 5.41) is 9.52. The molecule has 2 rings (SSSR count). The molecule has 1 fully saturated rings. The van der Waals surface area contributed by atoms with Crippen molar-refractivity contribution in [2.75, 3.05) is 13.2 Å². The normalized spacial score (nSPS) is 21.6. The number of hydrogen-bond donors (Lipinski definition) is 1. The van der Waals surface area contributed by atoms with Crippen LogP contribution in [0.2, 0.25) is 0 Å². The van der Waals surface area contributed by atoms with Crippen LogP contribution in [0, 0.1) is 18.3 Å². The van der Waals surface area contributed by atoms with E-state index in [9.17, 15) is 18.3 Å². The summed E-state index contributed by atoms with van der Waals surface area (Å²) < 4.78 is 29.8. The van der Waals surface area contributed by atoms with E-state index in [0.29, 0.717) is 6.54 Å². The van der Waals surface area contributed by atoms with E-state index in [1.54, 1.807) is 12.1 Å². The number of rotatable bonds is 5. The Morgan fingerprint density at radius 1 is 1.23 bits per heavy atom. The lowest BCUT2D eigenvalue weighted by atomic mass is 9.82. The van der Waals surface area contributed by atoms with E-state index < -0.39 is 16.2 Å². The molecule has 1 aromatic carbocycles. The van der Waals surface area contributed by atoms with Crippen molar-refractivity contribution in [3.63, 3.8) is 0 Å². The van der Waals surface area contributed by atoms with Crippen LogP contribution in [-0.2, 0) is 14.3 Å². The molecule has 0 bridgehead atoms. The summed E-state index contributed by atoms with van der Waals surface area (Å²) in [6.45, 7) is 8.47. The molecule has 6 nitrogen and oxygen atoms in total. The van der Waals surface area contributed by atoms with Crippen LogP contribution < -0.4 is 0 Å². The molecule has 1 aromatic rings. The van der Waals surface area contributed by atoms with Crippen LogP contribution in [0.25, 0.3) is 0 Å². The van der Waals surface area contributed by atoms with Gasteiger partial charge >= 0.3 is 6.09 Å². The Labute approximate surface area is 156 Å². The number of carbonyl (C=O) groups is 1. The monoisotopic (exact) mass is 383 g/mol.